The van der Waals surface area contributed by atoms with Crippen LogP contribution in [0.5, 0.6) is 11.5 Å². The van der Waals surface area contributed by atoms with Crippen molar-refractivity contribution in [3.63, 3.8) is 0 Å². The highest BCUT2D eigenvalue weighted by molar-refractivity contribution is 6.01. The van der Waals surface area contributed by atoms with Gasteiger partial charge in [-0.2, -0.15) is 4.98 Å². The summed E-state index contributed by atoms with van der Waals surface area (Å²) < 4.78 is 20.5. The molecule has 0 spiro atoms. The van der Waals surface area contributed by atoms with E-state index in [-0.39, 0.29) is 24.3 Å². The monoisotopic (exact) mass is 411 g/mol. The number of methoxy groups -OCH3 is 3. The molecule has 3 rings (SSSR count). The first-order valence-electron chi connectivity index (χ1n) is 9.08. The molecule has 0 aliphatic carbocycles. The number of hydrogen-bond donors (Lipinski definition) is 1. The van der Waals surface area contributed by atoms with Gasteiger partial charge in [-0.3, -0.25) is 4.79 Å². The number of hydrogen-bond acceptors (Lipinski definition) is 8. The molecule has 0 unspecified atom stereocenters. The zero-order chi connectivity index (χ0) is 21.5. The minimum absolute atomic E-state index is 0.100. The third-order valence-electron chi connectivity index (χ3n) is 4.28. The van der Waals surface area contributed by atoms with Crippen molar-refractivity contribution in [1.29, 1.82) is 0 Å². The van der Waals surface area contributed by atoms with E-state index >= 15 is 0 Å². The summed E-state index contributed by atoms with van der Waals surface area (Å²) in [5.41, 5.74) is 1.35. The highest BCUT2D eigenvalue weighted by atomic mass is 16.5. The van der Waals surface area contributed by atoms with Gasteiger partial charge in [0.1, 0.15) is 0 Å². The van der Waals surface area contributed by atoms with Crippen LogP contribution in [0.4, 0.5) is 5.69 Å². The van der Waals surface area contributed by atoms with E-state index in [9.17, 15) is 9.59 Å². The molecular formula is C21H21N3O6. The van der Waals surface area contributed by atoms with Crippen molar-refractivity contribution in [3.8, 4) is 22.9 Å². The maximum atomic E-state index is 12.3. The quantitative estimate of drug-likeness (QED) is 0.563. The number of nitrogens with one attached hydrogen (secondary N) is 1. The van der Waals surface area contributed by atoms with E-state index in [0.29, 0.717) is 34.5 Å². The minimum atomic E-state index is -0.526. The SMILES string of the molecule is COC(=O)c1ccccc1NC(=O)CCc1nc(-c2ccc(OC)c(OC)c2)no1. The van der Waals surface area contributed by atoms with Crippen LogP contribution in [0, 0.1) is 0 Å². The van der Waals surface area contributed by atoms with Crippen LogP contribution < -0.4 is 14.8 Å². The largest absolute Gasteiger partial charge is 0.493 e. The first-order chi connectivity index (χ1) is 14.5. The van der Waals surface area contributed by atoms with Crippen LogP contribution in [-0.2, 0) is 16.0 Å². The second-order valence-corrected chi connectivity index (χ2v) is 6.17. The highest BCUT2D eigenvalue weighted by Crippen LogP contribution is 2.31. The van der Waals surface area contributed by atoms with Gasteiger partial charge in [0, 0.05) is 18.4 Å². The molecule has 0 saturated carbocycles. The average Bonchev–Trinajstić information content (AvgIpc) is 3.26. The van der Waals surface area contributed by atoms with Crippen molar-refractivity contribution in [2.24, 2.45) is 0 Å². The Morgan fingerprint density at radius 2 is 1.80 bits per heavy atom. The van der Waals surface area contributed by atoms with Crippen LogP contribution in [0.3, 0.4) is 0 Å². The van der Waals surface area contributed by atoms with Crippen LogP contribution >= 0.6 is 0 Å². The number of esters is 1. The fraction of sp³-hybridized carbons (Fsp3) is 0.238. The number of nitrogens with zero attached hydrogens (tertiary/aromatic N) is 2. The number of benzene rings is 2. The van der Waals surface area contributed by atoms with Crippen LogP contribution in [0.15, 0.2) is 47.0 Å². The molecule has 1 amide bonds. The molecule has 0 radical (unpaired) electrons. The molecule has 1 N–H and O–H groups in total. The van der Waals surface area contributed by atoms with Crippen molar-refractivity contribution in [3.05, 3.63) is 53.9 Å². The van der Waals surface area contributed by atoms with E-state index in [1.807, 2.05) is 0 Å². The number of para-hydroxylation sites is 1. The van der Waals surface area contributed by atoms with Gasteiger partial charge in [-0.1, -0.05) is 17.3 Å². The van der Waals surface area contributed by atoms with E-state index in [1.165, 1.54) is 7.11 Å². The van der Waals surface area contributed by atoms with Gasteiger partial charge in [0.25, 0.3) is 0 Å². The summed E-state index contributed by atoms with van der Waals surface area (Å²) in [6.45, 7) is 0. The fourth-order valence-corrected chi connectivity index (χ4v) is 2.76. The Balaban J connectivity index is 1.64. The Labute approximate surface area is 172 Å². The summed E-state index contributed by atoms with van der Waals surface area (Å²) in [6.07, 6.45) is 0.343. The fourth-order valence-electron chi connectivity index (χ4n) is 2.76. The summed E-state index contributed by atoms with van der Waals surface area (Å²) >= 11 is 0. The third kappa shape index (κ3) is 4.75. The van der Waals surface area contributed by atoms with Gasteiger partial charge in [-0.25, -0.2) is 4.79 Å². The number of aromatic nitrogens is 2. The summed E-state index contributed by atoms with van der Waals surface area (Å²) in [6, 6.07) is 11.9. The second-order valence-electron chi connectivity index (χ2n) is 6.17. The molecule has 0 saturated heterocycles. The molecule has 9 nitrogen and oxygen atoms in total. The van der Waals surface area contributed by atoms with Crippen molar-refractivity contribution >= 4 is 17.6 Å². The number of rotatable bonds is 8. The van der Waals surface area contributed by atoms with Gasteiger partial charge in [-0.05, 0) is 30.3 Å². The van der Waals surface area contributed by atoms with E-state index in [2.05, 4.69) is 15.5 Å². The number of carbonyl (C=O) groups excluding carboxylic acids is 2. The summed E-state index contributed by atoms with van der Waals surface area (Å²) in [5, 5.41) is 6.65. The second kappa shape index (κ2) is 9.55. The maximum absolute atomic E-state index is 12.3. The van der Waals surface area contributed by atoms with Crippen LogP contribution in [0.25, 0.3) is 11.4 Å². The summed E-state index contributed by atoms with van der Waals surface area (Å²) in [4.78, 5) is 28.4. The Morgan fingerprint density at radius 1 is 1.03 bits per heavy atom. The number of carbonyl (C=O) groups is 2. The normalized spacial score (nSPS) is 10.4. The predicted octanol–water partition coefficient (Wildman–Crippen LogP) is 3.11. The van der Waals surface area contributed by atoms with Gasteiger partial charge in [0.2, 0.25) is 17.6 Å². The van der Waals surface area contributed by atoms with Crippen LogP contribution in [-0.4, -0.2) is 43.3 Å². The predicted molar refractivity (Wildman–Crippen MR) is 108 cm³/mol. The lowest BCUT2D eigenvalue weighted by atomic mass is 10.1. The molecule has 0 atom stereocenters. The Hall–Kier alpha value is -3.88. The highest BCUT2D eigenvalue weighted by Gasteiger charge is 2.15. The Bertz CT molecular complexity index is 1050. The molecule has 3 aromatic rings. The number of amides is 1. The van der Waals surface area contributed by atoms with Crippen molar-refractivity contribution in [2.75, 3.05) is 26.6 Å². The molecular weight excluding hydrogens is 390 g/mol. The topological polar surface area (TPSA) is 113 Å². The molecule has 1 heterocycles. The van der Waals surface area contributed by atoms with E-state index in [1.54, 1.807) is 56.7 Å². The number of ether oxygens (including phenoxy) is 3. The lowest BCUT2D eigenvalue weighted by Crippen LogP contribution is -2.15. The van der Waals surface area contributed by atoms with Gasteiger partial charge in [-0.15, -0.1) is 0 Å². The summed E-state index contributed by atoms with van der Waals surface area (Å²) in [7, 11) is 4.38. The summed E-state index contributed by atoms with van der Waals surface area (Å²) in [5.74, 6) is 1.01. The van der Waals surface area contributed by atoms with Gasteiger partial charge in [0.15, 0.2) is 11.5 Å². The molecule has 0 bridgehead atoms. The number of anilines is 1. The maximum Gasteiger partial charge on any atom is 0.339 e. The van der Waals surface area contributed by atoms with Crippen molar-refractivity contribution < 1.29 is 28.3 Å². The van der Waals surface area contributed by atoms with Crippen LogP contribution in [0.2, 0.25) is 0 Å². The molecule has 0 aliphatic heterocycles. The lowest BCUT2D eigenvalue weighted by molar-refractivity contribution is -0.116. The smallest absolute Gasteiger partial charge is 0.339 e. The Kier molecular flexibility index (Phi) is 6.63. The van der Waals surface area contributed by atoms with Gasteiger partial charge >= 0.3 is 5.97 Å². The number of aryl methyl sites for hydroxylation is 1. The van der Waals surface area contributed by atoms with E-state index in [0.717, 1.165) is 0 Å². The Morgan fingerprint density at radius 3 is 2.53 bits per heavy atom. The molecule has 156 valence electrons. The van der Waals surface area contributed by atoms with Crippen molar-refractivity contribution in [2.45, 2.75) is 12.8 Å². The van der Waals surface area contributed by atoms with Gasteiger partial charge in [0.05, 0.1) is 32.6 Å². The molecule has 2 aromatic carbocycles. The lowest BCUT2D eigenvalue weighted by Gasteiger charge is -2.08. The molecule has 1 aromatic heterocycles. The molecule has 0 aliphatic rings. The van der Waals surface area contributed by atoms with Crippen molar-refractivity contribution in [1.82, 2.24) is 10.1 Å². The molecule has 9 heteroatoms. The first kappa shape index (κ1) is 20.8. The average molecular weight is 411 g/mol. The minimum Gasteiger partial charge on any atom is -0.493 e. The van der Waals surface area contributed by atoms with E-state index < -0.39 is 5.97 Å². The van der Waals surface area contributed by atoms with Gasteiger partial charge < -0.3 is 24.1 Å². The zero-order valence-electron chi connectivity index (χ0n) is 16.8. The zero-order valence-corrected chi connectivity index (χ0v) is 16.8. The molecule has 0 fully saturated rings. The van der Waals surface area contributed by atoms with E-state index in [4.69, 9.17) is 18.7 Å². The standard InChI is InChI=1S/C21H21N3O6/c1-27-16-9-8-13(12-17(16)28-2)20-23-19(30-24-20)11-10-18(25)22-15-7-5-4-6-14(15)21(26)29-3/h4-9,12H,10-11H2,1-3H3,(H,22,25). The van der Waals surface area contributed by atoms with Crippen LogP contribution in [0.1, 0.15) is 22.7 Å². The first-order valence-corrected chi connectivity index (χ1v) is 9.08. The third-order valence-corrected chi connectivity index (χ3v) is 4.28. The molecule has 30 heavy (non-hydrogen) atoms.